The van der Waals surface area contributed by atoms with E-state index in [9.17, 15) is 4.39 Å². The summed E-state index contributed by atoms with van der Waals surface area (Å²) in [5.74, 6) is -0.238. The number of aliphatic hydroxyl groups excluding tert-OH is 1. The highest BCUT2D eigenvalue weighted by Crippen LogP contribution is 2.22. The van der Waals surface area contributed by atoms with Crippen molar-refractivity contribution in [3.63, 3.8) is 0 Å². The average molecular weight is 260 g/mol. The second kappa shape index (κ2) is 5.85. The van der Waals surface area contributed by atoms with Gasteiger partial charge in [-0.15, -0.1) is 0 Å². The Morgan fingerprint density at radius 2 is 1.79 bits per heavy atom. The number of hydrogen-bond acceptors (Lipinski definition) is 2. The Bertz CT molecular complexity index is 559. The summed E-state index contributed by atoms with van der Waals surface area (Å²) in [7, 11) is 0. The lowest BCUT2D eigenvalue weighted by Crippen LogP contribution is -2.02. The molecule has 0 aliphatic heterocycles. The Balaban J connectivity index is 2.19. The first kappa shape index (κ1) is 13.6. The molecule has 2 nitrogen and oxygen atoms in total. The van der Waals surface area contributed by atoms with E-state index in [-0.39, 0.29) is 12.4 Å². The van der Waals surface area contributed by atoms with Crippen molar-refractivity contribution in [3.05, 3.63) is 64.5 Å². The average Bonchev–Trinajstić information content (AvgIpc) is 2.40. The van der Waals surface area contributed by atoms with Crippen molar-refractivity contribution in [2.24, 2.45) is 0 Å². The van der Waals surface area contributed by atoms with E-state index in [0.29, 0.717) is 12.2 Å². The van der Waals surface area contributed by atoms with E-state index in [1.165, 1.54) is 12.1 Å². The summed E-state index contributed by atoms with van der Waals surface area (Å²) in [6.45, 7) is 4.21. The third kappa shape index (κ3) is 3.12. The first-order valence-corrected chi connectivity index (χ1v) is 6.19. The molecule has 0 saturated heterocycles. The Morgan fingerprint density at radius 1 is 1.11 bits per heavy atom. The van der Waals surface area contributed by atoms with Gasteiger partial charge in [-0.05, 0) is 48.2 Å². The summed E-state index contributed by atoms with van der Waals surface area (Å²) < 4.78 is 19.1. The zero-order chi connectivity index (χ0) is 13.8. The van der Waals surface area contributed by atoms with Crippen LogP contribution in [-0.4, -0.2) is 5.11 Å². The van der Waals surface area contributed by atoms with E-state index in [1.807, 2.05) is 32.0 Å². The molecule has 0 aliphatic rings. The molecule has 0 heterocycles. The van der Waals surface area contributed by atoms with Gasteiger partial charge in [-0.3, -0.25) is 0 Å². The quantitative estimate of drug-likeness (QED) is 0.911. The predicted molar refractivity (Wildman–Crippen MR) is 72.6 cm³/mol. The SMILES string of the molecule is Cc1cccc(C)c1COc1cc(CO)ccc1F. The Kier molecular flexibility index (Phi) is 4.17. The maximum absolute atomic E-state index is 13.6. The van der Waals surface area contributed by atoms with Gasteiger partial charge in [0.2, 0.25) is 0 Å². The van der Waals surface area contributed by atoms with Crippen molar-refractivity contribution in [2.75, 3.05) is 0 Å². The fraction of sp³-hybridized carbons (Fsp3) is 0.250. The third-order valence-electron chi connectivity index (χ3n) is 3.19. The van der Waals surface area contributed by atoms with Crippen LogP contribution in [0.1, 0.15) is 22.3 Å². The number of ether oxygens (including phenoxy) is 1. The van der Waals surface area contributed by atoms with Crippen LogP contribution in [0.2, 0.25) is 0 Å². The van der Waals surface area contributed by atoms with E-state index < -0.39 is 5.82 Å². The third-order valence-corrected chi connectivity index (χ3v) is 3.19. The Morgan fingerprint density at radius 3 is 2.42 bits per heavy atom. The van der Waals surface area contributed by atoms with E-state index in [4.69, 9.17) is 9.84 Å². The number of hydrogen-bond donors (Lipinski definition) is 1. The fourth-order valence-corrected chi connectivity index (χ4v) is 1.98. The van der Waals surface area contributed by atoms with Crippen molar-refractivity contribution in [2.45, 2.75) is 27.1 Å². The van der Waals surface area contributed by atoms with Crippen LogP contribution in [0.5, 0.6) is 5.75 Å². The van der Waals surface area contributed by atoms with Gasteiger partial charge in [0.05, 0.1) is 6.61 Å². The summed E-state index contributed by atoms with van der Waals surface area (Å²) >= 11 is 0. The molecule has 0 amide bonds. The standard InChI is InChI=1S/C16H17FO2/c1-11-4-3-5-12(2)14(11)10-19-16-8-13(9-18)6-7-15(16)17/h3-8,18H,9-10H2,1-2H3. The molecule has 1 N–H and O–H groups in total. The van der Waals surface area contributed by atoms with Crippen molar-refractivity contribution < 1.29 is 14.2 Å². The van der Waals surface area contributed by atoms with E-state index >= 15 is 0 Å². The molecular weight excluding hydrogens is 243 g/mol. The highest BCUT2D eigenvalue weighted by molar-refractivity contribution is 5.34. The van der Waals surface area contributed by atoms with Crippen molar-refractivity contribution in [3.8, 4) is 5.75 Å². The number of aliphatic hydroxyl groups is 1. The molecule has 0 radical (unpaired) electrons. The van der Waals surface area contributed by atoms with E-state index in [2.05, 4.69) is 0 Å². The normalized spacial score (nSPS) is 10.5. The fourth-order valence-electron chi connectivity index (χ4n) is 1.98. The van der Waals surface area contributed by atoms with Crippen molar-refractivity contribution in [1.82, 2.24) is 0 Å². The second-order valence-corrected chi connectivity index (χ2v) is 4.58. The van der Waals surface area contributed by atoms with Crippen molar-refractivity contribution >= 4 is 0 Å². The molecule has 19 heavy (non-hydrogen) atoms. The van der Waals surface area contributed by atoms with Gasteiger partial charge in [-0.2, -0.15) is 0 Å². The molecule has 0 fully saturated rings. The topological polar surface area (TPSA) is 29.5 Å². The van der Waals surface area contributed by atoms with E-state index in [1.54, 1.807) is 6.07 Å². The Labute approximate surface area is 112 Å². The zero-order valence-electron chi connectivity index (χ0n) is 11.1. The second-order valence-electron chi connectivity index (χ2n) is 4.58. The van der Waals surface area contributed by atoms with Gasteiger partial charge in [0.15, 0.2) is 11.6 Å². The van der Waals surface area contributed by atoms with E-state index in [0.717, 1.165) is 16.7 Å². The zero-order valence-corrected chi connectivity index (χ0v) is 11.1. The minimum absolute atomic E-state index is 0.125. The molecular formula is C16H17FO2. The van der Waals surface area contributed by atoms with Gasteiger partial charge < -0.3 is 9.84 Å². The Hall–Kier alpha value is -1.87. The highest BCUT2D eigenvalue weighted by Gasteiger charge is 2.07. The molecule has 3 heteroatoms. The molecule has 0 bridgehead atoms. The minimum atomic E-state index is -0.413. The van der Waals surface area contributed by atoms with Gasteiger partial charge in [0, 0.05) is 0 Å². The van der Waals surface area contributed by atoms with Crippen LogP contribution in [0.25, 0.3) is 0 Å². The lowest BCUT2D eigenvalue weighted by molar-refractivity contribution is 0.273. The monoisotopic (exact) mass is 260 g/mol. The molecule has 0 aliphatic carbocycles. The number of halogens is 1. The molecule has 0 unspecified atom stereocenters. The lowest BCUT2D eigenvalue weighted by Gasteiger charge is -2.12. The van der Waals surface area contributed by atoms with Crippen LogP contribution in [-0.2, 0) is 13.2 Å². The van der Waals surface area contributed by atoms with Crippen molar-refractivity contribution in [1.29, 1.82) is 0 Å². The summed E-state index contributed by atoms with van der Waals surface area (Å²) in [4.78, 5) is 0. The van der Waals surface area contributed by atoms with Gasteiger partial charge in [0.25, 0.3) is 0 Å². The van der Waals surface area contributed by atoms with Gasteiger partial charge in [0.1, 0.15) is 6.61 Å². The van der Waals surface area contributed by atoms with Crippen LogP contribution in [0.4, 0.5) is 4.39 Å². The number of benzene rings is 2. The summed E-state index contributed by atoms with van der Waals surface area (Å²) in [6.07, 6.45) is 0. The lowest BCUT2D eigenvalue weighted by atomic mass is 10.0. The summed E-state index contributed by atoms with van der Waals surface area (Å²) in [6, 6.07) is 10.4. The molecule has 0 spiro atoms. The van der Waals surface area contributed by atoms with Gasteiger partial charge >= 0.3 is 0 Å². The molecule has 2 aromatic carbocycles. The first-order valence-electron chi connectivity index (χ1n) is 6.19. The maximum atomic E-state index is 13.6. The van der Waals surface area contributed by atoms with Crippen LogP contribution < -0.4 is 4.74 Å². The molecule has 0 saturated carbocycles. The van der Waals surface area contributed by atoms with Gasteiger partial charge in [-0.25, -0.2) is 4.39 Å². The number of rotatable bonds is 4. The maximum Gasteiger partial charge on any atom is 0.165 e. The van der Waals surface area contributed by atoms with Gasteiger partial charge in [-0.1, -0.05) is 24.3 Å². The molecule has 100 valence electrons. The largest absolute Gasteiger partial charge is 0.486 e. The molecule has 2 rings (SSSR count). The molecule has 0 aromatic heterocycles. The minimum Gasteiger partial charge on any atom is -0.486 e. The highest BCUT2D eigenvalue weighted by atomic mass is 19.1. The summed E-state index contributed by atoms with van der Waals surface area (Å²) in [5, 5.41) is 9.05. The van der Waals surface area contributed by atoms with Crippen LogP contribution >= 0.6 is 0 Å². The predicted octanol–water partition coefficient (Wildman–Crippen LogP) is 3.51. The molecule has 2 aromatic rings. The summed E-state index contributed by atoms with van der Waals surface area (Å²) in [5.41, 5.74) is 3.95. The van der Waals surface area contributed by atoms with Crippen LogP contribution in [0.15, 0.2) is 36.4 Å². The van der Waals surface area contributed by atoms with Crippen LogP contribution in [0, 0.1) is 19.7 Å². The molecule has 0 atom stereocenters. The van der Waals surface area contributed by atoms with Crippen LogP contribution in [0.3, 0.4) is 0 Å². The smallest absolute Gasteiger partial charge is 0.165 e. The first-order chi connectivity index (χ1) is 9.11. The number of aryl methyl sites for hydroxylation is 2.